The van der Waals surface area contributed by atoms with E-state index in [4.69, 9.17) is 9.47 Å². The van der Waals surface area contributed by atoms with Gasteiger partial charge in [0.2, 0.25) is 0 Å². The highest BCUT2D eigenvalue weighted by atomic mass is 32.1. The van der Waals surface area contributed by atoms with Gasteiger partial charge in [0.15, 0.2) is 16.6 Å². The first-order chi connectivity index (χ1) is 15.5. The number of hydrogen-bond acceptors (Lipinski definition) is 6. The second-order valence-corrected chi connectivity index (χ2v) is 8.06. The van der Waals surface area contributed by atoms with Crippen molar-refractivity contribution in [2.45, 2.75) is 13.8 Å². The van der Waals surface area contributed by atoms with Crippen LogP contribution in [0.5, 0.6) is 11.5 Å². The number of nitrogens with zero attached hydrogens (tertiary/aromatic N) is 3. The SMILES string of the molecule is CCN(CC)CCN(C(=O)C=Cc1ccc(OC)c(OC)c1)c1nc2c(F)cccc2s1. The molecule has 0 unspecified atom stereocenters. The Labute approximate surface area is 191 Å². The molecule has 3 rings (SSSR count). The van der Waals surface area contributed by atoms with E-state index < -0.39 is 0 Å². The van der Waals surface area contributed by atoms with Gasteiger partial charge in [-0.2, -0.15) is 0 Å². The summed E-state index contributed by atoms with van der Waals surface area (Å²) >= 11 is 1.31. The quantitative estimate of drug-likeness (QED) is 0.408. The van der Waals surface area contributed by atoms with Crippen molar-refractivity contribution in [3.8, 4) is 11.5 Å². The van der Waals surface area contributed by atoms with Crippen molar-refractivity contribution in [1.29, 1.82) is 0 Å². The number of carbonyl (C=O) groups excluding carboxylic acids is 1. The van der Waals surface area contributed by atoms with Gasteiger partial charge in [-0.1, -0.05) is 37.3 Å². The van der Waals surface area contributed by atoms with Crippen molar-refractivity contribution in [3.63, 3.8) is 0 Å². The Morgan fingerprint density at radius 1 is 1.09 bits per heavy atom. The van der Waals surface area contributed by atoms with Crippen LogP contribution in [-0.4, -0.2) is 56.2 Å². The number of carbonyl (C=O) groups is 1. The number of thiazole rings is 1. The number of fused-ring (bicyclic) bond motifs is 1. The molecule has 0 N–H and O–H groups in total. The molecule has 1 aromatic heterocycles. The fourth-order valence-corrected chi connectivity index (χ4v) is 4.33. The lowest BCUT2D eigenvalue weighted by atomic mass is 10.2. The number of likely N-dealkylation sites (N-methyl/N-ethyl adjacent to an activating group) is 1. The topological polar surface area (TPSA) is 54.9 Å². The first-order valence-electron chi connectivity index (χ1n) is 10.5. The third-order valence-electron chi connectivity index (χ3n) is 5.22. The molecular weight excluding hydrogens is 429 g/mol. The smallest absolute Gasteiger partial charge is 0.252 e. The molecule has 1 heterocycles. The zero-order valence-electron chi connectivity index (χ0n) is 18.8. The number of anilines is 1. The van der Waals surface area contributed by atoms with Gasteiger partial charge in [0.1, 0.15) is 11.3 Å². The first kappa shape index (κ1) is 23.7. The van der Waals surface area contributed by atoms with E-state index in [0.29, 0.717) is 34.4 Å². The zero-order chi connectivity index (χ0) is 23.1. The van der Waals surface area contributed by atoms with E-state index >= 15 is 0 Å². The predicted molar refractivity (Wildman–Crippen MR) is 128 cm³/mol. The van der Waals surface area contributed by atoms with Gasteiger partial charge in [0.25, 0.3) is 5.91 Å². The molecule has 32 heavy (non-hydrogen) atoms. The number of amides is 1. The van der Waals surface area contributed by atoms with E-state index in [1.54, 1.807) is 43.4 Å². The van der Waals surface area contributed by atoms with E-state index in [1.807, 2.05) is 12.1 Å². The Kier molecular flexibility index (Phi) is 8.19. The molecule has 170 valence electrons. The summed E-state index contributed by atoms with van der Waals surface area (Å²) in [4.78, 5) is 21.5. The van der Waals surface area contributed by atoms with Crippen LogP contribution in [0.15, 0.2) is 42.5 Å². The monoisotopic (exact) mass is 457 g/mol. The second-order valence-electron chi connectivity index (χ2n) is 7.05. The Morgan fingerprint density at radius 2 is 1.84 bits per heavy atom. The maximum absolute atomic E-state index is 14.2. The minimum absolute atomic E-state index is 0.216. The van der Waals surface area contributed by atoms with E-state index in [2.05, 4.69) is 23.7 Å². The van der Waals surface area contributed by atoms with E-state index in [1.165, 1.54) is 23.5 Å². The Balaban J connectivity index is 1.88. The number of methoxy groups -OCH3 is 2. The maximum Gasteiger partial charge on any atom is 0.252 e. The van der Waals surface area contributed by atoms with Crippen LogP contribution in [0.25, 0.3) is 16.3 Å². The third-order valence-corrected chi connectivity index (χ3v) is 6.26. The molecule has 0 radical (unpaired) electrons. The normalized spacial score (nSPS) is 11.4. The highest BCUT2D eigenvalue weighted by Gasteiger charge is 2.20. The molecular formula is C24H28FN3O3S. The maximum atomic E-state index is 14.2. The van der Waals surface area contributed by atoms with Gasteiger partial charge in [-0.05, 0) is 49.0 Å². The molecule has 2 aromatic carbocycles. The largest absolute Gasteiger partial charge is 0.493 e. The molecule has 0 aliphatic heterocycles. The average molecular weight is 458 g/mol. The number of rotatable bonds is 10. The summed E-state index contributed by atoms with van der Waals surface area (Å²) in [6, 6.07) is 10.3. The van der Waals surface area contributed by atoms with Crippen LogP contribution in [0.2, 0.25) is 0 Å². The summed E-state index contributed by atoms with van der Waals surface area (Å²) in [5.41, 5.74) is 1.09. The Hall–Kier alpha value is -2.97. The molecule has 0 bridgehead atoms. The molecule has 0 saturated heterocycles. The fraction of sp³-hybridized carbons (Fsp3) is 0.333. The number of ether oxygens (including phenoxy) is 2. The molecule has 6 nitrogen and oxygen atoms in total. The third kappa shape index (κ3) is 5.44. The first-order valence-corrected chi connectivity index (χ1v) is 11.3. The second kappa shape index (κ2) is 11.1. The highest BCUT2D eigenvalue weighted by molar-refractivity contribution is 7.22. The summed E-state index contributed by atoms with van der Waals surface area (Å²) in [6.07, 6.45) is 3.23. The average Bonchev–Trinajstić information content (AvgIpc) is 3.25. The van der Waals surface area contributed by atoms with Gasteiger partial charge in [-0.3, -0.25) is 9.69 Å². The van der Waals surface area contributed by atoms with Crippen LogP contribution < -0.4 is 14.4 Å². The summed E-state index contributed by atoms with van der Waals surface area (Å²) < 4.78 is 25.5. The standard InChI is InChI=1S/C24H28FN3O3S/c1-5-27(6-2)14-15-28(24-26-23-18(25)8-7-9-21(23)32-24)22(29)13-11-17-10-12-19(30-3)20(16-17)31-4/h7-13,16H,5-6,14-15H2,1-4H3. The molecule has 0 spiro atoms. The molecule has 1 amide bonds. The van der Waals surface area contributed by atoms with Crippen molar-refractivity contribution in [2.75, 3.05) is 45.3 Å². The van der Waals surface area contributed by atoms with Crippen LogP contribution in [0.4, 0.5) is 9.52 Å². The van der Waals surface area contributed by atoms with Crippen molar-refractivity contribution in [3.05, 3.63) is 53.9 Å². The summed E-state index contributed by atoms with van der Waals surface area (Å²) in [7, 11) is 3.14. The van der Waals surface area contributed by atoms with Gasteiger partial charge >= 0.3 is 0 Å². The molecule has 3 aromatic rings. The number of benzene rings is 2. The molecule has 0 fully saturated rings. The Bertz CT molecular complexity index is 1100. The number of aromatic nitrogens is 1. The number of para-hydroxylation sites is 1. The lowest BCUT2D eigenvalue weighted by Gasteiger charge is -2.23. The van der Waals surface area contributed by atoms with E-state index in [9.17, 15) is 9.18 Å². The molecule has 8 heteroatoms. The van der Waals surface area contributed by atoms with Crippen LogP contribution in [-0.2, 0) is 4.79 Å². The highest BCUT2D eigenvalue weighted by Crippen LogP contribution is 2.31. The number of halogens is 1. The van der Waals surface area contributed by atoms with Crippen LogP contribution in [0, 0.1) is 5.82 Å². The minimum atomic E-state index is -0.387. The van der Waals surface area contributed by atoms with Crippen LogP contribution in [0.1, 0.15) is 19.4 Å². The summed E-state index contributed by atoms with van der Waals surface area (Å²) in [5.74, 6) is 0.601. The Morgan fingerprint density at radius 3 is 2.50 bits per heavy atom. The van der Waals surface area contributed by atoms with Crippen LogP contribution >= 0.6 is 11.3 Å². The lowest BCUT2D eigenvalue weighted by molar-refractivity contribution is -0.114. The fourth-order valence-electron chi connectivity index (χ4n) is 3.31. The van der Waals surface area contributed by atoms with Gasteiger partial charge in [-0.25, -0.2) is 9.37 Å². The van der Waals surface area contributed by atoms with Crippen LogP contribution in [0.3, 0.4) is 0 Å². The van der Waals surface area contributed by atoms with Gasteiger partial charge in [0, 0.05) is 19.2 Å². The van der Waals surface area contributed by atoms with Crippen molar-refractivity contribution in [2.24, 2.45) is 0 Å². The molecule has 0 aliphatic carbocycles. The predicted octanol–water partition coefficient (Wildman–Crippen LogP) is 4.84. The van der Waals surface area contributed by atoms with Crippen molar-refractivity contribution in [1.82, 2.24) is 9.88 Å². The molecule has 0 aliphatic rings. The van der Waals surface area contributed by atoms with Gasteiger partial charge < -0.3 is 14.4 Å². The molecule has 0 atom stereocenters. The minimum Gasteiger partial charge on any atom is -0.493 e. The summed E-state index contributed by atoms with van der Waals surface area (Å²) in [5, 5.41) is 0.485. The van der Waals surface area contributed by atoms with E-state index in [-0.39, 0.29) is 17.2 Å². The van der Waals surface area contributed by atoms with Gasteiger partial charge in [-0.15, -0.1) is 0 Å². The van der Waals surface area contributed by atoms with Gasteiger partial charge in [0.05, 0.1) is 18.9 Å². The van der Waals surface area contributed by atoms with Crippen molar-refractivity contribution < 1.29 is 18.7 Å². The number of hydrogen-bond donors (Lipinski definition) is 0. The van der Waals surface area contributed by atoms with Crippen molar-refractivity contribution >= 4 is 38.7 Å². The van der Waals surface area contributed by atoms with E-state index in [0.717, 1.165) is 18.7 Å². The lowest BCUT2D eigenvalue weighted by Crippen LogP contribution is -2.38. The zero-order valence-corrected chi connectivity index (χ0v) is 19.6. The molecule has 0 saturated carbocycles. The summed E-state index contributed by atoms with van der Waals surface area (Å²) in [6.45, 7) is 7.09.